The highest BCUT2D eigenvalue weighted by Gasteiger charge is 2.08. The summed E-state index contributed by atoms with van der Waals surface area (Å²) in [5, 5.41) is 5.78. The Bertz CT molecular complexity index is 452. The SMILES string of the molecule is COCCNC(=S)NC(=O)c1ccc(C)c(Br)c1. The predicted molar refractivity (Wildman–Crippen MR) is 78.8 cm³/mol. The second kappa shape index (κ2) is 7.45. The van der Waals surface area contributed by atoms with Gasteiger partial charge in [0.1, 0.15) is 0 Å². The first-order valence-electron chi connectivity index (χ1n) is 5.39. The Balaban J connectivity index is 2.54. The number of hydrogen-bond acceptors (Lipinski definition) is 3. The van der Waals surface area contributed by atoms with Gasteiger partial charge in [0.15, 0.2) is 5.11 Å². The van der Waals surface area contributed by atoms with E-state index < -0.39 is 0 Å². The molecule has 0 heterocycles. The molecule has 0 aliphatic heterocycles. The second-order valence-corrected chi connectivity index (χ2v) is 4.93. The van der Waals surface area contributed by atoms with Crippen LogP contribution < -0.4 is 10.6 Å². The number of aryl methyl sites for hydroxylation is 1. The van der Waals surface area contributed by atoms with Gasteiger partial charge < -0.3 is 10.1 Å². The number of carbonyl (C=O) groups excluding carboxylic acids is 1. The fourth-order valence-electron chi connectivity index (χ4n) is 1.22. The minimum absolute atomic E-state index is 0.231. The second-order valence-electron chi connectivity index (χ2n) is 3.67. The van der Waals surface area contributed by atoms with Gasteiger partial charge in [0.05, 0.1) is 6.61 Å². The number of benzene rings is 1. The molecule has 4 nitrogen and oxygen atoms in total. The molecule has 1 aromatic carbocycles. The van der Waals surface area contributed by atoms with E-state index in [0.29, 0.717) is 23.8 Å². The number of rotatable bonds is 4. The van der Waals surface area contributed by atoms with Gasteiger partial charge in [-0.25, -0.2) is 0 Å². The van der Waals surface area contributed by atoms with Gasteiger partial charge in [-0.1, -0.05) is 22.0 Å². The summed E-state index contributed by atoms with van der Waals surface area (Å²) in [6, 6.07) is 5.40. The van der Waals surface area contributed by atoms with Gasteiger partial charge >= 0.3 is 0 Å². The molecule has 0 spiro atoms. The maximum atomic E-state index is 11.9. The van der Waals surface area contributed by atoms with E-state index in [1.165, 1.54) is 0 Å². The van der Waals surface area contributed by atoms with Crippen LogP contribution >= 0.6 is 28.1 Å². The number of methoxy groups -OCH3 is 1. The van der Waals surface area contributed by atoms with Crippen LogP contribution in [-0.2, 0) is 4.74 Å². The third kappa shape index (κ3) is 4.72. The lowest BCUT2D eigenvalue weighted by molar-refractivity contribution is 0.0976. The summed E-state index contributed by atoms with van der Waals surface area (Å²) in [6.45, 7) is 3.06. The quantitative estimate of drug-likeness (QED) is 0.655. The van der Waals surface area contributed by atoms with E-state index in [4.69, 9.17) is 17.0 Å². The first-order chi connectivity index (χ1) is 8.54. The van der Waals surface area contributed by atoms with Crippen molar-refractivity contribution in [3.63, 3.8) is 0 Å². The van der Waals surface area contributed by atoms with Crippen molar-refractivity contribution in [1.29, 1.82) is 0 Å². The Morgan fingerprint density at radius 1 is 1.50 bits per heavy atom. The van der Waals surface area contributed by atoms with E-state index in [2.05, 4.69) is 26.6 Å². The lowest BCUT2D eigenvalue weighted by atomic mass is 10.1. The van der Waals surface area contributed by atoms with Crippen molar-refractivity contribution in [2.24, 2.45) is 0 Å². The molecular formula is C12H15BrN2O2S. The van der Waals surface area contributed by atoms with Crippen LogP contribution in [0.2, 0.25) is 0 Å². The Hall–Kier alpha value is -0.980. The monoisotopic (exact) mass is 330 g/mol. The molecule has 18 heavy (non-hydrogen) atoms. The van der Waals surface area contributed by atoms with Crippen LogP contribution in [0.4, 0.5) is 0 Å². The highest BCUT2D eigenvalue weighted by Crippen LogP contribution is 2.17. The highest BCUT2D eigenvalue weighted by atomic mass is 79.9. The molecular weight excluding hydrogens is 316 g/mol. The van der Waals surface area contributed by atoms with Crippen LogP contribution in [0.15, 0.2) is 22.7 Å². The molecule has 0 saturated heterocycles. The molecule has 0 unspecified atom stereocenters. The average Bonchev–Trinajstić information content (AvgIpc) is 2.33. The fourth-order valence-corrected chi connectivity index (χ4v) is 1.79. The molecule has 1 amide bonds. The molecule has 0 aromatic heterocycles. The fraction of sp³-hybridized carbons (Fsp3) is 0.333. The number of halogens is 1. The minimum Gasteiger partial charge on any atom is -0.383 e. The molecule has 1 rings (SSSR count). The van der Waals surface area contributed by atoms with Crippen LogP contribution in [0.5, 0.6) is 0 Å². The summed E-state index contributed by atoms with van der Waals surface area (Å²) >= 11 is 8.38. The van der Waals surface area contributed by atoms with E-state index in [1.54, 1.807) is 19.2 Å². The summed E-state index contributed by atoms with van der Waals surface area (Å²) in [6.07, 6.45) is 0. The summed E-state index contributed by atoms with van der Waals surface area (Å²) in [7, 11) is 1.60. The first kappa shape index (κ1) is 15.1. The smallest absolute Gasteiger partial charge is 0.257 e. The number of nitrogens with one attached hydrogen (secondary N) is 2. The van der Waals surface area contributed by atoms with E-state index >= 15 is 0 Å². The Morgan fingerprint density at radius 2 is 2.22 bits per heavy atom. The van der Waals surface area contributed by atoms with Gasteiger partial charge in [-0.2, -0.15) is 0 Å². The topological polar surface area (TPSA) is 50.4 Å². The molecule has 0 bridgehead atoms. The lowest BCUT2D eigenvalue weighted by Gasteiger charge is -2.09. The zero-order valence-electron chi connectivity index (χ0n) is 10.2. The van der Waals surface area contributed by atoms with Crippen LogP contribution in [-0.4, -0.2) is 31.3 Å². The summed E-state index contributed by atoms with van der Waals surface area (Å²) < 4.78 is 5.77. The average molecular weight is 331 g/mol. The van der Waals surface area contributed by atoms with Crippen molar-refractivity contribution in [2.45, 2.75) is 6.92 Å². The van der Waals surface area contributed by atoms with Crippen molar-refractivity contribution in [3.8, 4) is 0 Å². The van der Waals surface area contributed by atoms with Crippen LogP contribution in [0, 0.1) is 6.92 Å². The van der Waals surface area contributed by atoms with Crippen LogP contribution in [0.25, 0.3) is 0 Å². The van der Waals surface area contributed by atoms with Gasteiger partial charge in [-0.05, 0) is 36.8 Å². The van der Waals surface area contributed by atoms with E-state index in [0.717, 1.165) is 10.0 Å². The number of amides is 1. The third-order valence-electron chi connectivity index (χ3n) is 2.25. The molecule has 1 aromatic rings. The molecule has 0 aliphatic carbocycles. The molecule has 0 aliphatic rings. The van der Waals surface area contributed by atoms with Crippen molar-refractivity contribution in [3.05, 3.63) is 33.8 Å². The number of thiocarbonyl (C=S) groups is 1. The molecule has 0 fully saturated rings. The predicted octanol–water partition coefficient (Wildman–Crippen LogP) is 2.01. The Labute approximate surface area is 120 Å². The maximum Gasteiger partial charge on any atom is 0.257 e. The van der Waals surface area contributed by atoms with Gasteiger partial charge in [-0.3, -0.25) is 10.1 Å². The zero-order valence-corrected chi connectivity index (χ0v) is 12.7. The van der Waals surface area contributed by atoms with Gasteiger partial charge in [0.2, 0.25) is 0 Å². The molecule has 0 saturated carbocycles. The van der Waals surface area contributed by atoms with Gasteiger partial charge in [0, 0.05) is 23.7 Å². The van der Waals surface area contributed by atoms with Crippen molar-refractivity contribution < 1.29 is 9.53 Å². The largest absolute Gasteiger partial charge is 0.383 e. The maximum absolute atomic E-state index is 11.9. The normalized spacial score (nSPS) is 9.94. The summed E-state index contributed by atoms with van der Waals surface area (Å²) in [5.41, 5.74) is 1.63. The van der Waals surface area contributed by atoms with E-state index in [-0.39, 0.29) is 5.91 Å². The standard InChI is InChI=1S/C12H15BrN2O2S/c1-8-3-4-9(7-10(8)13)11(16)15-12(18)14-5-6-17-2/h3-4,7H,5-6H2,1-2H3,(H2,14,15,16,18). The number of carbonyl (C=O) groups is 1. The Morgan fingerprint density at radius 3 is 2.83 bits per heavy atom. The Kier molecular flexibility index (Phi) is 6.24. The summed E-state index contributed by atoms with van der Waals surface area (Å²) in [4.78, 5) is 11.9. The molecule has 98 valence electrons. The van der Waals surface area contributed by atoms with Crippen LogP contribution in [0.3, 0.4) is 0 Å². The third-order valence-corrected chi connectivity index (χ3v) is 3.35. The molecule has 0 radical (unpaired) electrons. The van der Waals surface area contributed by atoms with E-state index in [9.17, 15) is 4.79 Å². The van der Waals surface area contributed by atoms with Crippen molar-refractivity contribution in [1.82, 2.24) is 10.6 Å². The van der Waals surface area contributed by atoms with Crippen LogP contribution in [0.1, 0.15) is 15.9 Å². The van der Waals surface area contributed by atoms with Crippen molar-refractivity contribution >= 4 is 39.2 Å². The number of hydrogen-bond donors (Lipinski definition) is 2. The van der Waals surface area contributed by atoms with Gasteiger partial charge in [-0.15, -0.1) is 0 Å². The van der Waals surface area contributed by atoms with Gasteiger partial charge in [0.25, 0.3) is 5.91 Å². The summed E-state index contributed by atoms with van der Waals surface area (Å²) in [5.74, 6) is -0.231. The first-order valence-corrected chi connectivity index (χ1v) is 6.59. The highest BCUT2D eigenvalue weighted by molar-refractivity contribution is 9.10. The lowest BCUT2D eigenvalue weighted by Crippen LogP contribution is -2.40. The van der Waals surface area contributed by atoms with E-state index in [1.807, 2.05) is 13.0 Å². The zero-order chi connectivity index (χ0) is 13.5. The number of ether oxygens (including phenoxy) is 1. The van der Waals surface area contributed by atoms with Crippen molar-refractivity contribution in [2.75, 3.05) is 20.3 Å². The molecule has 6 heteroatoms. The minimum atomic E-state index is -0.231. The molecule has 0 atom stereocenters. The molecule has 2 N–H and O–H groups in total.